The van der Waals surface area contributed by atoms with Gasteiger partial charge in [-0.15, -0.1) is 5.10 Å². The first-order valence-corrected chi connectivity index (χ1v) is 6.98. The van der Waals surface area contributed by atoms with E-state index in [-0.39, 0.29) is 6.61 Å². The van der Waals surface area contributed by atoms with Gasteiger partial charge in [0.25, 0.3) is 0 Å². The fraction of sp³-hybridized carbons (Fsp3) is 0.846. The number of aryl methyl sites for hydroxylation is 1. The molecular formula is C13H24N4O. The van der Waals surface area contributed by atoms with Gasteiger partial charge in [0.2, 0.25) is 0 Å². The summed E-state index contributed by atoms with van der Waals surface area (Å²) in [5.74, 6) is 0. The number of hydrogen-bond acceptors (Lipinski definition) is 4. The molecule has 1 aliphatic carbocycles. The van der Waals surface area contributed by atoms with Crippen LogP contribution < -0.4 is 5.32 Å². The van der Waals surface area contributed by atoms with Crippen LogP contribution in [-0.4, -0.2) is 33.3 Å². The summed E-state index contributed by atoms with van der Waals surface area (Å²) >= 11 is 0. The number of aliphatic hydroxyl groups excluding tert-OH is 1. The molecule has 1 aromatic rings. The summed E-state index contributed by atoms with van der Waals surface area (Å²) in [5, 5.41) is 20.4. The Labute approximate surface area is 109 Å². The summed E-state index contributed by atoms with van der Waals surface area (Å²) < 4.78 is 1.80. The second kappa shape index (κ2) is 6.29. The van der Waals surface area contributed by atoms with E-state index < -0.39 is 0 Å². The molecule has 0 saturated heterocycles. The van der Waals surface area contributed by atoms with Crippen LogP contribution in [0.3, 0.4) is 0 Å². The topological polar surface area (TPSA) is 63.0 Å². The van der Waals surface area contributed by atoms with Crippen molar-refractivity contribution in [3.05, 3.63) is 11.9 Å². The average Bonchev–Trinajstić information content (AvgIpc) is 2.98. The van der Waals surface area contributed by atoms with E-state index in [2.05, 4.69) is 22.6 Å². The molecule has 0 bridgehead atoms. The molecule has 0 aromatic carbocycles. The minimum atomic E-state index is 0.201. The van der Waals surface area contributed by atoms with E-state index in [4.69, 9.17) is 5.11 Å². The minimum absolute atomic E-state index is 0.201. The van der Waals surface area contributed by atoms with Crippen LogP contribution in [0.15, 0.2) is 6.20 Å². The molecule has 0 unspecified atom stereocenters. The van der Waals surface area contributed by atoms with Gasteiger partial charge in [0.05, 0.1) is 5.69 Å². The average molecular weight is 252 g/mol. The standard InChI is InChI=1S/C13H24N4O/c1-2-4-13(5-6-13)11-14-9-12-10-17(16-15-12)7-3-8-18/h10,14,18H,2-9,11H2,1H3. The smallest absolute Gasteiger partial charge is 0.0964 e. The molecule has 0 radical (unpaired) electrons. The summed E-state index contributed by atoms with van der Waals surface area (Å²) in [5.41, 5.74) is 1.57. The van der Waals surface area contributed by atoms with Crippen molar-refractivity contribution in [3.8, 4) is 0 Å². The molecule has 2 N–H and O–H groups in total. The number of hydrogen-bond donors (Lipinski definition) is 2. The summed E-state index contributed by atoms with van der Waals surface area (Å²) in [6, 6.07) is 0. The zero-order chi connectivity index (χ0) is 12.8. The van der Waals surface area contributed by atoms with Crippen LogP contribution in [0.25, 0.3) is 0 Å². The summed E-state index contributed by atoms with van der Waals surface area (Å²) in [4.78, 5) is 0. The molecule has 1 saturated carbocycles. The zero-order valence-electron chi connectivity index (χ0n) is 11.2. The van der Waals surface area contributed by atoms with Crippen molar-refractivity contribution in [1.29, 1.82) is 0 Å². The molecule has 0 aliphatic heterocycles. The Hall–Kier alpha value is -0.940. The van der Waals surface area contributed by atoms with Crippen molar-refractivity contribution in [2.75, 3.05) is 13.2 Å². The van der Waals surface area contributed by atoms with Gasteiger partial charge >= 0.3 is 0 Å². The Bertz CT molecular complexity index is 360. The second-order valence-electron chi connectivity index (χ2n) is 5.40. The normalized spacial score (nSPS) is 17.0. The first-order valence-electron chi connectivity index (χ1n) is 6.98. The highest BCUT2D eigenvalue weighted by atomic mass is 16.3. The van der Waals surface area contributed by atoms with E-state index in [1.54, 1.807) is 4.68 Å². The predicted octanol–water partition coefficient (Wildman–Crippen LogP) is 1.33. The van der Waals surface area contributed by atoms with Gasteiger partial charge in [-0.25, -0.2) is 0 Å². The molecule has 2 rings (SSSR count). The highest BCUT2D eigenvalue weighted by molar-refractivity contribution is 4.96. The molecular weight excluding hydrogens is 228 g/mol. The van der Waals surface area contributed by atoms with Crippen LogP contribution in [0, 0.1) is 5.41 Å². The van der Waals surface area contributed by atoms with Crippen LogP contribution >= 0.6 is 0 Å². The van der Waals surface area contributed by atoms with Gasteiger partial charge in [0.15, 0.2) is 0 Å². The van der Waals surface area contributed by atoms with Crippen LogP contribution in [0.5, 0.6) is 0 Å². The maximum absolute atomic E-state index is 8.75. The molecule has 5 heteroatoms. The van der Waals surface area contributed by atoms with E-state index in [0.717, 1.165) is 31.7 Å². The van der Waals surface area contributed by atoms with E-state index in [1.165, 1.54) is 25.7 Å². The molecule has 1 heterocycles. The van der Waals surface area contributed by atoms with Gasteiger partial charge in [0, 0.05) is 32.4 Å². The molecule has 1 aromatic heterocycles. The highest BCUT2D eigenvalue weighted by Crippen LogP contribution is 2.48. The molecule has 0 spiro atoms. The molecule has 0 amide bonds. The van der Waals surface area contributed by atoms with E-state index in [0.29, 0.717) is 5.41 Å². The summed E-state index contributed by atoms with van der Waals surface area (Å²) in [6.45, 7) is 5.10. The van der Waals surface area contributed by atoms with Gasteiger partial charge in [-0.3, -0.25) is 4.68 Å². The second-order valence-corrected chi connectivity index (χ2v) is 5.40. The van der Waals surface area contributed by atoms with Crippen LogP contribution in [0.1, 0.15) is 44.7 Å². The van der Waals surface area contributed by atoms with Crippen molar-refractivity contribution < 1.29 is 5.11 Å². The van der Waals surface area contributed by atoms with Gasteiger partial charge in [-0.1, -0.05) is 18.6 Å². The lowest BCUT2D eigenvalue weighted by molar-refractivity contribution is 0.276. The van der Waals surface area contributed by atoms with Crippen molar-refractivity contribution in [1.82, 2.24) is 20.3 Å². The lowest BCUT2D eigenvalue weighted by Gasteiger charge is -2.13. The molecule has 102 valence electrons. The fourth-order valence-electron chi connectivity index (χ4n) is 2.44. The van der Waals surface area contributed by atoms with Crippen molar-refractivity contribution >= 4 is 0 Å². The Balaban J connectivity index is 1.68. The van der Waals surface area contributed by atoms with Gasteiger partial charge in [-0.2, -0.15) is 0 Å². The third-order valence-corrected chi connectivity index (χ3v) is 3.67. The maximum Gasteiger partial charge on any atom is 0.0964 e. The summed E-state index contributed by atoms with van der Waals surface area (Å²) in [6.07, 6.45) is 8.05. The number of aliphatic hydroxyl groups is 1. The van der Waals surface area contributed by atoms with Crippen molar-refractivity contribution in [2.45, 2.75) is 52.1 Å². The van der Waals surface area contributed by atoms with Gasteiger partial charge in [-0.05, 0) is 31.1 Å². The van der Waals surface area contributed by atoms with Crippen LogP contribution in [0.4, 0.5) is 0 Å². The van der Waals surface area contributed by atoms with Crippen LogP contribution in [-0.2, 0) is 13.1 Å². The quantitative estimate of drug-likeness (QED) is 0.696. The third kappa shape index (κ3) is 3.78. The first kappa shape index (κ1) is 13.5. The maximum atomic E-state index is 8.75. The van der Waals surface area contributed by atoms with Crippen LogP contribution in [0.2, 0.25) is 0 Å². The van der Waals surface area contributed by atoms with E-state index in [9.17, 15) is 0 Å². The fourth-order valence-corrected chi connectivity index (χ4v) is 2.44. The highest BCUT2D eigenvalue weighted by Gasteiger charge is 2.40. The Kier molecular flexibility index (Phi) is 4.72. The molecule has 1 fully saturated rings. The van der Waals surface area contributed by atoms with Crippen molar-refractivity contribution in [2.24, 2.45) is 5.41 Å². The Morgan fingerprint density at radius 3 is 3.00 bits per heavy atom. The molecule has 5 nitrogen and oxygen atoms in total. The molecule has 18 heavy (non-hydrogen) atoms. The molecule has 0 atom stereocenters. The monoisotopic (exact) mass is 252 g/mol. The third-order valence-electron chi connectivity index (χ3n) is 3.67. The van der Waals surface area contributed by atoms with Gasteiger partial charge < -0.3 is 10.4 Å². The first-order chi connectivity index (χ1) is 8.78. The number of nitrogens with one attached hydrogen (secondary N) is 1. The number of nitrogens with zero attached hydrogens (tertiary/aromatic N) is 3. The molecule has 1 aliphatic rings. The Morgan fingerprint density at radius 1 is 1.50 bits per heavy atom. The zero-order valence-corrected chi connectivity index (χ0v) is 11.2. The largest absolute Gasteiger partial charge is 0.396 e. The SMILES string of the molecule is CCCC1(CNCc2cn(CCCO)nn2)CC1. The number of rotatable bonds is 9. The predicted molar refractivity (Wildman–Crippen MR) is 70.0 cm³/mol. The minimum Gasteiger partial charge on any atom is -0.396 e. The summed E-state index contributed by atoms with van der Waals surface area (Å²) in [7, 11) is 0. The lowest BCUT2D eigenvalue weighted by Crippen LogP contribution is -2.23. The van der Waals surface area contributed by atoms with Gasteiger partial charge in [0.1, 0.15) is 0 Å². The Morgan fingerprint density at radius 2 is 2.33 bits per heavy atom. The van der Waals surface area contributed by atoms with E-state index >= 15 is 0 Å². The number of aromatic nitrogens is 3. The van der Waals surface area contributed by atoms with E-state index in [1.807, 2.05) is 6.20 Å². The lowest BCUT2D eigenvalue weighted by atomic mass is 10.0. The van der Waals surface area contributed by atoms with Crippen molar-refractivity contribution in [3.63, 3.8) is 0 Å².